The third-order valence-corrected chi connectivity index (χ3v) is 3.13. The van der Waals surface area contributed by atoms with E-state index in [-0.39, 0.29) is 12.1 Å². The van der Waals surface area contributed by atoms with Crippen molar-refractivity contribution in [1.82, 2.24) is 10.3 Å². The van der Waals surface area contributed by atoms with Crippen LogP contribution in [0.1, 0.15) is 26.3 Å². The number of amides is 2. The van der Waals surface area contributed by atoms with Crippen LogP contribution in [-0.4, -0.2) is 29.1 Å². The predicted molar refractivity (Wildman–Crippen MR) is 92.2 cm³/mol. The molecule has 1 aromatic heterocycles. The molecule has 2 rings (SSSR count). The summed E-state index contributed by atoms with van der Waals surface area (Å²) >= 11 is 0. The van der Waals surface area contributed by atoms with Crippen LogP contribution in [0.5, 0.6) is 0 Å². The van der Waals surface area contributed by atoms with E-state index < -0.39 is 17.6 Å². The van der Waals surface area contributed by atoms with Crippen LogP contribution >= 0.6 is 0 Å². The molecule has 0 radical (unpaired) electrons. The van der Waals surface area contributed by atoms with E-state index in [0.717, 1.165) is 10.9 Å². The van der Waals surface area contributed by atoms with Crippen molar-refractivity contribution < 1.29 is 14.3 Å². The summed E-state index contributed by atoms with van der Waals surface area (Å²) in [5.41, 5.74) is 1.20. The van der Waals surface area contributed by atoms with Crippen LogP contribution in [0.3, 0.4) is 0 Å². The first-order valence-electron chi connectivity index (χ1n) is 7.54. The predicted octanol–water partition coefficient (Wildman–Crippen LogP) is 2.30. The van der Waals surface area contributed by atoms with Gasteiger partial charge in [0, 0.05) is 17.1 Å². The second kappa shape index (κ2) is 6.74. The minimum Gasteiger partial charge on any atom is -0.444 e. The number of aromatic nitrogens is 1. The first-order chi connectivity index (χ1) is 11.1. The number of anilines is 1. The van der Waals surface area contributed by atoms with Crippen molar-refractivity contribution in [3.8, 4) is 0 Å². The lowest BCUT2D eigenvalue weighted by molar-refractivity contribution is -0.115. The molecule has 1 aromatic carbocycles. The molecule has 0 saturated heterocycles. The number of carbonyl (C=O) groups is 2. The highest BCUT2D eigenvalue weighted by molar-refractivity contribution is 5.96. The number of ether oxygens (including phenoxy) is 1. The summed E-state index contributed by atoms with van der Waals surface area (Å²) in [6, 6.07) is 6.75. The van der Waals surface area contributed by atoms with Crippen molar-refractivity contribution in [2.75, 3.05) is 11.9 Å². The summed E-state index contributed by atoms with van der Waals surface area (Å²) in [4.78, 5) is 37.7. The first kappa shape index (κ1) is 17.5. The van der Waals surface area contributed by atoms with Crippen molar-refractivity contribution in [2.45, 2.75) is 33.3 Å². The third-order valence-electron chi connectivity index (χ3n) is 3.13. The maximum Gasteiger partial charge on any atom is 0.408 e. The second-order valence-corrected chi connectivity index (χ2v) is 6.48. The first-order valence-corrected chi connectivity index (χ1v) is 7.54. The fraction of sp³-hybridized carbons (Fsp3) is 0.353. The Labute approximate surface area is 139 Å². The fourth-order valence-corrected chi connectivity index (χ4v) is 2.18. The molecule has 0 aliphatic rings. The van der Waals surface area contributed by atoms with Gasteiger partial charge in [0.2, 0.25) is 11.5 Å². The van der Waals surface area contributed by atoms with Gasteiger partial charge in [0.1, 0.15) is 12.1 Å². The van der Waals surface area contributed by atoms with E-state index in [4.69, 9.17) is 4.74 Å². The van der Waals surface area contributed by atoms with E-state index in [1.54, 1.807) is 32.9 Å². The molecule has 0 saturated carbocycles. The number of fused-ring (bicyclic) bond motifs is 1. The van der Waals surface area contributed by atoms with Crippen molar-refractivity contribution in [3.05, 3.63) is 40.2 Å². The summed E-state index contributed by atoms with van der Waals surface area (Å²) in [7, 11) is 0. The highest BCUT2D eigenvalue weighted by Crippen LogP contribution is 2.18. The number of alkyl carbamates (subject to hydrolysis) is 1. The van der Waals surface area contributed by atoms with Crippen LogP contribution in [-0.2, 0) is 9.53 Å². The zero-order valence-corrected chi connectivity index (χ0v) is 14.1. The molecule has 0 fully saturated rings. The second-order valence-electron chi connectivity index (χ2n) is 6.48. The molecular weight excluding hydrogens is 310 g/mol. The molecular formula is C17H21N3O4. The maximum atomic E-state index is 11.9. The zero-order chi connectivity index (χ0) is 17.9. The van der Waals surface area contributed by atoms with Gasteiger partial charge in [-0.3, -0.25) is 9.59 Å². The molecule has 0 aliphatic heterocycles. The highest BCUT2D eigenvalue weighted by atomic mass is 16.6. The summed E-state index contributed by atoms with van der Waals surface area (Å²) in [5.74, 6) is -0.393. The molecule has 128 valence electrons. The number of hydrogen-bond acceptors (Lipinski definition) is 4. The fourth-order valence-electron chi connectivity index (χ4n) is 2.18. The van der Waals surface area contributed by atoms with Crippen LogP contribution in [0, 0.1) is 6.92 Å². The largest absolute Gasteiger partial charge is 0.444 e. The number of nitrogens with one attached hydrogen (secondary N) is 3. The van der Waals surface area contributed by atoms with Crippen LogP contribution in [0.4, 0.5) is 10.5 Å². The Morgan fingerprint density at radius 3 is 2.58 bits per heavy atom. The molecule has 0 atom stereocenters. The van der Waals surface area contributed by atoms with Gasteiger partial charge in [-0.2, -0.15) is 0 Å². The molecule has 7 nitrogen and oxygen atoms in total. The summed E-state index contributed by atoms with van der Waals surface area (Å²) in [5, 5.41) is 5.95. The van der Waals surface area contributed by atoms with E-state index in [2.05, 4.69) is 15.6 Å². The van der Waals surface area contributed by atoms with E-state index in [1.807, 2.05) is 13.0 Å². The molecule has 2 aromatic rings. The van der Waals surface area contributed by atoms with Crippen molar-refractivity contribution in [2.24, 2.45) is 0 Å². The molecule has 0 spiro atoms. The molecule has 1 heterocycles. The Bertz CT molecular complexity index is 834. The number of benzene rings is 1. The molecule has 2 amide bonds. The van der Waals surface area contributed by atoms with Crippen molar-refractivity contribution in [1.29, 1.82) is 0 Å². The number of carbonyl (C=O) groups excluding carboxylic acids is 2. The number of aryl methyl sites for hydroxylation is 1. The topological polar surface area (TPSA) is 100 Å². The highest BCUT2D eigenvalue weighted by Gasteiger charge is 2.16. The average Bonchev–Trinajstić information content (AvgIpc) is 2.42. The molecule has 0 aliphatic carbocycles. The van der Waals surface area contributed by atoms with Gasteiger partial charge in [0.05, 0.1) is 5.52 Å². The van der Waals surface area contributed by atoms with E-state index in [9.17, 15) is 14.4 Å². The Hall–Kier alpha value is -2.83. The van der Waals surface area contributed by atoms with E-state index in [0.29, 0.717) is 11.2 Å². The Kier molecular flexibility index (Phi) is 4.92. The maximum absolute atomic E-state index is 11.9. The standard InChI is InChI=1S/C17H21N3O4/c1-10-7-14(21)20-13-8-11(5-6-12(10)13)19-15(22)9-18-16(23)24-17(2,3)4/h5-8H,9H2,1-4H3,(H,18,23)(H,19,22)(H,20,21). The summed E-state index contributed by atoms with van der Waals surface area (Å²) in [6.45, 7) is 6.86. The average molecular weight is 331 g/mol. The molecule has 24 heavy (non-hydrogen) atoms. The normalized spacial score (nSPS) is 11.2. The van der Waals surface area contributed by atoms with Crippen molar-refractivity contribution >= 4 is 28.6 Å². The number of rotatable bonds is 3. The van der Waals surface area contributed by atoms with Gasteiger partial charge >= 0.3 is 6.09 Å². The van der Waals surface area contributed by atoms with Gasteiger partial charge in [0.25, 0.3) is 0 Å². The molecule has 0 bridgehead atoms. The van der Waals surface area contributed by atoms with E-state index in [1.165, 1.54) is 6.07 Å². The number of hydrogen-bond donors (Lipinski definition) is 3. The smallest absolute Gasteiger partial charge is 0.408 e. The number of pyridine rings is 1. The van der Waals surface area contributed by atoms with Gasteiger partial charge < -0.3 is 20.4 Å². The quantitative estimate of drug-likeness (QED) is 0.803. The van der Waals surface area contributed by atoms with Crippen LogP contribution < -0.4 is 16.2 Å². The Balaban J connectivity index is 2.00. The lowest BCUT2D eigenvalue weighted by atomic mass is 10.1. The Morgan fingerprint density at radius 1 is 1.21 bits per heavy atom. The van der Waals surface area contributed by atoms with E-state index >= 15 is 0 Å². The minimum atomic E-state index is -0.656. The van der Waals surface area contributed by atoms with Crippen LogP contribution in [0.15, 0.2) is 29.1 Å². The van der Waals surface area contributed by atoms with Gasteiger partial charge in [-0.05, 0) is 45.4 Å². The van der Waals surface area contributed by atoms with Crippen LogP contribution in [0.2, 0.25) is 0 Å². The molecule has 7 heteroatoms. The monoisotopic (exact) mass is 331 g/mol. The summed E-state index contributed by atoms with van der Waals surface area (Å²) < 4.78 is 5.05. The van der Waals surface area contributed by atoms with Gasteiger partial charge in [0.15, 0.2) is 0 Å². The number of H-pyrrole nitrogens is 1. The summed E-state index contributed by atoms with van der Waals surface area (Å²) in [6.07, 6.45) is -0.656. The molecule has 3 N–H and O–H groups in total. The zero-order valence-electron chi connectivity index (χ0n) is 14.1. The third kappa shape index (κ3) is 4.84. The minimum absolute atomic E-state index is 0.199. The lowest BCUT2D eigenvalue weighted by Crippen LogP contribution is -2.37. The van der Waals surface area contributed by atoms with Gasteiger partial charge in [-0.1, -0.05) is 6.07 Å². The van der Waals surface area contributed by atoms with Gasteiger partial charge in [-0.15, -0.1) is 0 Å². The number of aromatic amines is 1. The lowest BCUT2D eigenvalue weighted by Gasteiger charge is -2.19. The Morgan fingerprint density at radius 2 is 1.92 bits per heavy atom. The van der Waals surface area contributed by atoms with Gasteiger partial charge in [-0.25, -0.2) is 4.79 Å². The SMILES string of the molecule is Cc1cc(=O)[nH]c2cc(NC(=O)CNC(=O)OC(C)(C)C)ccc12. The van der Waals surface area contributed by atoms with Crippen molar-refractivity contribution in [3.63, 3.8) is 0 Å². The van der Waals surface area contributed by atoms with Crippen LogP contribution in [0.25, 0.3) is 10.9 Å². The molecule has 0 unspecified atom stereocenters.